The number of amides is 1. The van der Waals surface area contributed by atoms with Crippen LogP contribution in [0.15, 0.2) is 41.6 Å². The van der Waals surface area contributed by atoms with Crippen molar-refractivity contribution in [1.82, 2.24) is 19.5 Å². The van der Waals surface area contributed by atoms with Gasteiger partial charge >= 0.3 is 17.1 Å². The Balaban J connectivity index is 1.69. The number of carbonyl (C=O) groups excluding carboxylic acids is 1. The summed E-state index contributed by atoms with van der Waals surface area (Å²) in [6, 6.07) is 9.95. The molecule has 3 aromatic rings. The molecule has 4 heterocycles. The van der Waals surface area contributed by atoms with Crippen LogP contribution in [0.4, 0.5) is 5.95 Å². The monoisotopic (exact) mass is 717 g/mol. The second kappa shape index (κ2) is 14.5. The van der Waals surface area contributed by atoms with Crippen LogP contribution in [0.5, 0.6) is 5.88 Å². The molecule has 2 fully saturated rings. The summed E-state index contributed by atoms with van der Waals surface area (Å²) < 4.78 is 36.2. The average molecular weight is 718 g/mol. The van der Waals surface area contributed by atoms with E-state index in [1.807, 2.05) is 37.3 Å². The van der Waals surface area contributed by atoms with Crippen LogP contribution in [0, 0.1) is 0 Å². The highest BCUT2D eigenvalue weighted by molar-refractivity contribution is 7.99. The van der Waals surface area contributed by atoms with Crippen LogP contribution in [0.3, 0.4) is 0 Å². The molecular formula is C33H51N5O7SSi2. The van der Waals surface area contributed by atoms with E-state index in [0.717, 1.165) is 4.90 Å². The third kappa shape index (κ3) is 6.72. The fraction of sp³-hybridized carbons (Fsp3) is 0.636. The maximum absolute atomic E-state index is 13.1. The number of ether oxygens (including phenoxy) is 2. The normalized spacial score (nSPS) is 25.4. The van der Waals surface area contributed by atoms with Crippen LogP contribution >= 0.6 is 11.8 Å². The maximum Gasteiger partial charge on any atom is 0.335 e. The summed E-state index contributed by atoms with van der Waals surface area (Å²) in [4.78, 5) is 26.7. The van der Waals surface area contributed by atoms with Crippen molar-refractivity contribution in [2.45, 2.75) is 120 Å². The Morgan fingerprint density at radius 3 is 2.29 bits per heavy atom. The molecule has 1 aromatic carbocycles. The molecule has 15 heteroatoms. The molecule has 5 rings (SSSR count). The summed E-state index contributed by atoms with van der Waals surface area (Å²) in [5, 5.41) is 15.8. The molecule has 264 valence electrons. The van der Waals surface area contributed by atoms with Gasteiger partial charge in [0, 0.05) is 17.6 Å². The first-order valence-corrected chi connectivity index (χ1v) is 21.8. The summed E-state index contributed by atoms with van der Waals surface area (Å²) in [5.74, 6) is 0.198. The predicted molar refractivity (Wildman–Crippen MR) is 191 cm³/mol. The summed E-state index contributed by atoms with van der Waals surface area (Å²) >= 11 is 1.52. The van der Waals surface area contributed by atoms with Gasteiger partial charge in [-0.2, -0.15) is 9.97 Å². The quantitative estimate of drug-likeness (QED) is 0.165. The Hall–Kier alpha value is -2.38. The lowest BCUT2D eigenvalue weighted by atomic mass is 9.96. The third-order valence-electron chi connectivity index (χ3n) is 9.31. The lowest BCUT2D eigenvalue weighted by Gasteiger charge is -2.52. The summed E-state index contributed by atoms with van der Waals surface area (Å²) in [7, 11) is -5.97. The van der Waals surface area contributed by atoms with Crippen LogP contribution in [-0.4, -0.2) is 84.4 Å². The second-order valence-corrected chi connectivity index (χ2v) is 23.8. The van der Waals surface area contributed by atoms with Gasteiger partial charge in [0.25, 0.3) is 0 Å². The number of nitrogens with zero attached hydrogens (tertiary/aromatic N) is 4. The van der Waals surface area contributed by atoms with E-state index in [4.69, 9.17) is 22.4 Å². The molecule has 0 aliphatic carbocycles. The van der Waals surface area contributed by atoms with Gasteiger partial charge in [-0.25, -0.2) is 4.98 Å². The lowest BCUT2D eigenvalue weighted by molar-refractivity contribution is -0.114. The zero-order valence-corrected chi connectivity index (χ0v) is 32.5. The van der Waals surface area contributed by atoms with Crippen molar-refractivity contribution in [3.63, 3.8) is 0 Å². The molecule has 2 aliphatic rings. The van der Waals surface area contributed by atoms with E-state index in [-0.39, 0.29) is 52.3 Å². The Morgan fingerprint density at radius 1 is 1.06 bits per heavy atom. The van der Waals surface area contributed by atoms with Crippen molar-refractivity contribution < 1.29 is 32.3 Å². The first-order valence-electron chi connectivity index (χ1n) is 16.9. The molecule has 2 aromatic heterocycles. The fourth-order valence-corrected chi connectivity index (χ4v) is 19.2. The average Bonchev–Trinajstić information content (AvgIpc) is 3.54. The Kier molecular flexibility index (Phi) is 11.1. The van der Waals surface area contributed by atoms with Crippen LogP contribution in [0.2, 0.25) is 22.2 Å². The Morgan fingerprint density at radius 2 is 1.71 bits per heavy atom. The Bertz CT molecular complexity index is 1560. The lowest BCUT2D eigenvalue weighted by Crippen LogP contribution is -2.67. The fourth-order valence-electron chi connectivity index (χ4n) is 6.93. The van der Waals surface area contributed by atoms with Gasteiger partial charge in [-0.3, -0.25) is 14.7 Å². The number of carbonyl (C=O) groups is 1. The number of nitrogens with one attached hydrogen (secondary N) is 1. The van der Waals surface area contributed by atoms with Gasteiger partial charge in [0.15, 0.2) is 17.4 Å². The summed E-state index contributed by atoms with van der Waals surface area (Å²) in [5.41, 5.74) is -0.418. The molecular weight excluding hydrogens is 667 g/mol. The number of thioether (sulfide) groups is 1. The van der Waals surface area contributed by atoms with Crippen molar-refractivity contribution in [1.29, 1.82) is 0 Å². The number of aliphatic hydroxyl groups is 1. The third-order valence-corrected chi connectivity index (χ3v) is 20.8. The number of anilines is 1. The highest BCUT2D eigenvalue weighted by atomic mass is 32.2. The summed E-state index contributed by atoms with van der Waals surface area (Å²) in [6.07, 6.45) is -0.809. The second-order valence-electron chi connectivity index (χ2n) is 13.9. The van der Waals surface area contributed by atoms with Crippen molar-refractivity contribution in [3.05, 3.63) is 36.7 Å². The zero-order valence-electron chi connectivity index (χ0n) is 29.7. The first-order chi connectivity index (χ1) is 22.7. The van der Waals surface area contributed by atoms with E-state index in [9.17, 15) is 9.90 Å². The standard InChI is InChI=1S/C33H51N5O7SSi2/c1-11-41-30-27-29(36-32(37-30)35-24(10)39)38(19-34-27)31-33(40,18-46-25-15-13-12-14-16-25)28-26(43-31)17-42-47(20(2)3,21(4)5)45-48(44-28,22(6)7)23(8)9/h12-16,19-23,26,28,31,40H,11,17-18H2,1-10H3,(H,35,36,37,39)/t26-,28-,31+,33+/m1/s1. The molecule has 0 saturated carbocycles. The SMILES string of the molecule is CCOc1nc(NC(C)=O)nc2c1ncn2[C@H]1O[C@@H]2CO[Si](C(C)C)(C(C)C)O[Si](C(C)C)(C(C)C)O[C@H]2[C@@]1(O)CSc1ccccc1. The minimum absolute atomic E-state index is 0.0603. The molecule has 12 nitrogen and oxygen atoms in total. The van der Waals surface area contributed by atoms with Crippen LogP contribution in [-0.2, 0) is 22.5 Å². The van der Waals surface area contributed by atoms with Gasteiger partial charge in [-0.1, -0.05) is 73.6 Å². The van der Waals surface area contributed by atoms with Crippen molar-refractivity contribution in [2.24, 2.45) is 0 Å². The van der Waals surface area contributed by atoms with E-state index in [1.165, 1.54) is 18.7 Å². The highest BCUT2D eigenvalue weighted by Gasteiger charge is 2.66. The van der Waals surface area contributed by atoms with Crippen LogP contribution in [0.25, 0.3) is 11.2 Å². The van der Waals surface area contributed by atoms with E-state index in [0.29, 0.717) is 17.8 Å². The molecule has 0 bridgehead atoms. The molecule has 2 N–H and O–H groups in total. The molecule has 0 unspecified atom stereocenters. The minimum Gasteiger partial charge on any atom is -0.476 e. The molecule has 0 spiro atoms. The molecule has 0 radical (unpaired) electrons. The Labute approximate surface area is 290 Å². The predicted octanol–water partition coefficient (Wildman–Crippen LogP) is 6.56. The number of aromatic nitrogens is 4. The van der Waals surface area contributed by atoms with Gasteiger partial charge < -0.3 is 27.5 Å². The highest BCUT2D eigenvalue weighted by Crippen LogP contribution is 2.52. The number of hydrogen-bond donors (Lipinski definition) is 2. The zero-order chi connectivity index (χ0) is 35.0. The van der Waals surface area contributed by atoms with Crippen molar-refractivity contribution in [3.8, 4) is 5.88 Å². The summed E-state index contributed by atoms with van der Waals surface area (Å²) in [6.45, 7) is 21.1. The number of fused-ring (bicyclic) bond motifs is 2. The largest absolute Gasteiger partial charge is 0.476 e. The van der Waals surface area contributed by atoms with E-state index < -0.39 is 41.2 Å². The molecule has 4 atom stereocenters. The van der Waals surface area contributed by atoms with Gasteiger partial charge in [0.2, 0.25) is 17.7 Å². The molecule has 48 heavy (non-hydrogen) atoms. The molecule has 2 aliphatic heterocycles. The van der Waals surface area contributed by atoms with E-state index in [1.54, 1.807) is 10.9 Å². The van der Waals surface area contributed by atoms with Gasteiger partial charge in [-0.15, -0.1) is 11.8 Å². The number of rotatable bonds is 11. The number of hydrogen-bond acceptors (Lipinski definition) is 11. The van der Waals surface area contributed by atoms with Gasteiger partial charge in [-0.05, 0) is 41.2 Å². The van der Waals surface area contributed by atoms with Crippen LogP contribution < -0.4 is 10.1 Å². The van der Waals surface area contributed by atoms with Crippen molar-refractivity contribution >= 4 is 51.9 Å². The van der Waals surface area contributed by atoms with E-state index >= 15 is 0 Å². The number of imidazole rings is 1. The van der Waals surface area contributed by atoms with Crippen molar-refractivity contribution in [2.75, 3.05) is 24.3 Å². The number of benzene rings is 1. The first kappa shape index (κ1) is 36.9. The maximum atomic E-state index is 13.1. The van der Waals surface area contributed by atoms with Crippen LogP contribution in [0.1, 0.15) is 75.5 Å². The van der Waals surface area contributed by atoms with E-state index in [2.05, 4.69) is 75.7 Å². The minimum atomic E-state index is -3.11. The topological polar surface area (TPSA) is 139 Å². The van der Waals surface area contributed by atoms with Gasteiger partial charge in [0.1, 0.15) is 17.8 Å². The molecule has 1 amide bonds. The molecule has 2 saturated heterocycles. The smallest absolute Gasteiger partial charge is 0.335 e. The van der Waals surface area contributed by atoms with Gasteiger partial charge in [0.05, 0.1) is 19.5 Å².